The number of pyridine rings is 1. The Morgan fingerprint density at radius 1 is 1.29 bits per heavy atom. The molecule has 1 fully saturated rings. The molecule has 1 heterocycles. The largest absolute Gasteiger partial charge is 0.386 e. The minimum atomic E-state index is -1.16. The molecule has 194 valence electrons. The predicted molar refractivity (Wildman–Crippen MR) is 141 cm³/mol. The lowest BCUT2D eigenvalue weighted by molar-refractivity contribution is -0.129. The van der Waals surface area contributed by atoms with E-state index in [9.17, 15) is 14.7 Å². The summed E-state index contributed by atoms with van der Waals surface area (Å²) >= 11 is 18.9. The van der Waals surface area contributed by atoms with Crippen molar-refractivity contribution in [3.8, 4) is 0 Å². The third-order valence-electron chi connectivity index (χ3n) is 6.45. The predicted octanol–water partition coefficient (Wildman–Crippen LogP) is 5.52. The Hall–Kier alpha value is -1.67. The first-order valence-corrected chi connectivity index (χ1v) is 12.8. The van der Waals surface area contributed by atoms with Gasteiger partial charge in [0.1, 0.15) is 10.9 Å². The molecule has 1 aromatic rings. The number of nitrogens with one attached hydrogen (secondary N) is 2. The Labute approximate surface area is 222 Å². The zero-order valence-corrected chi connectivity index (χ0v) is 23.2. The van der Waals surface area contributed by atoms with E-state index in [1.807, 2.05) is 27.7 Å². The summed E-state index contributed by atoms with van der Waals surface area (Å²) in [6.45, 7) is 9.70. The maximum Gasteiger partial charge on any atom is 0.258 e. The van der Waals surface area contributed by atoms with Crippen LogP contribution < -0.4 is 5.32 Å². The molecule has 2 rings (SSSR count). The van der Waals surface area contributed by atoms with Gasteiger partial charge in [-0.1, -0.05) is 62.5 Å². The molecule has 3 N–H and O–H groups in total. The van der Waals surface area contributed by atoms with Crippen LogP contribution >= 0.6 is 34.8 Å². The summed E-state index contributed by atoms with van der Waals surface area (Å²) in [4.78, 5) is 30.8. The third kappa shape index (κ3) is 7.91. The van der Waals surface area contributed by atoms with E-state index in [-0.39, 0.29) is 55.5 Å². The highest BCUT2D eigenvalue weighted by molar-refractivity contribution is 6.36. The molecule has 1 amide bonds. The van der Waals surface area contributed by atoms with E-state index in [1.54, 1.807) is 6.92 Å². The van der Waals surface area contributed by atoms with Gasteiger partial charge in [-0.05, 0) is 38.0 Å². The fraction of sp³-hybridized carbons (Fsp3) is 0.600. The van der Waals surface area contributed by atoms with Gasteiger partial charge in [-0.3, -0.25) is 14.6 Å². The minimum absolute atomic E-state index is 0.00468. The Morgan fingerprint density at radius 2 is 1.83 bits per heavy atom. The second-order valence-electron chi connectivity index (χ2n) is 10.7. The first-order chi connectivity index (χ1) is 16.2. The number of aromatic nitrogens is 1. The molecule has 1 aliphatic carbocycles. The standard InChI is InChI=1S/C25H35Cl3N4O3/c1-15(33)25(5)8-6-16(7-9-25)31-22(28)17(10-29)23(35)32(14-24(2,3)4)13-20(34)21-18(26)11-30-12-19(21)27/h10-12,16,20,29,31,34H,6-9,13-14H2,1-5H3/b22-17+,29-10?/t16-,20?,25-. The van der Waals surface area contributed by atoms with Crippen molar-refractivity contribution in [3.05, 3.63) is 38.7 Å². The normalized spacial score (nSPS) is 22.1. The van der Waals surface area contributed by atoms with E-state index in [0.29, 0.717) is 6.54 Å². The molecule has 1 aromatic heterocycles. The van der Waals surface area contributed by atoms with Gasteiger partial charge >= 0.3 is 0 Å². The van der Waals surface area contributed by atoms with Gasteiger partial charge in [0.2, 0.25) is 0 Å². The zero-order valence-electron chi connectivity index (χ0n) is 20.9. The van der Waals surface area contributed by atoms with Gasteiger partial charge in [0.05, 0.1) is 28.3 Å². The van der Waals surface area contributed by atoms with Gasteiger partial charge in [-0.25, -0.2) is 0 Å². The van der Waals surface area contributed by atoms with Crippen LogP contribution in [0.1, 0.15) is 72.0 Å². The molecular weight excluding hydrogens is 511 g/mol. The molecule has 1 atom stereocenters. The Morgan fingerprint density at radius 3 is 2.29 bits per heavy atom. The number of amides is 1. The first-order valence-electron chi connectivity index (χ1n) is 11.6. The van der Waals surface area contributed by atoms with Gasteiger partial charge in [-0.15, -0.1) is 0 Å². The number of ketones is 1. The lowest BCUT2D eigenvalue weighted by Crippen LogP contribution is -2.43. The number of aliphatic hydroxyl groups is 1. The number of aliphatic hydroxyl groups excluding tert-OH is 1. The van der Waals surface area contributed by atoms with Crippen LogP contribution in [-0.2, 0) is 9.59 Å². The average Bonchev–Trinajstić information content (AvgIpc) is 2.74. The summed E-state index contributed by atoms with van der Waals surface area (Å²) < 4.78 is 0. The SMILES string of the molecule is CC(=O)[C@]1(C)CC[C@@H](N/C(Cl)=C(\C=N)C(=O)N(CC(O)c2c(Cl)cncc2Cl)CC(C)(C)C)CC1. The molecule has 1 unspecified atom stereocenters. The number of halogens is 3. The molecule has 0 bridgehead atoms. The molecule has 0 aromatic carbocycles. The Kier molecular flexibility index (Phi) is 10.2. The first kappa shape index (κ1) is 29.6. The molecule has 1 saturated carbocycles. The van der Waals surface area contributed by atoms with Crippen LogP contribution in [0.15, 0.2) is 23.1 Å². The van der Waals surface area contributed by atoms with Crippen LogP contribution in [0.5, 0.6) is 0 Å². The molecule has 0 aliphatic heterocycles. The number of carbonyl (C=O) groups is 2. The van der Waals surface area contributed by atoms with E-state index < -0.39 is 12.0 Å². The number of nitrogens with zero attached hydrogens (tertiary/aromatic N) is 2. The highest BCUT2D eigenvalue weighted by Gasteiger charge is 2.35. The van der Waals surface area contributed by atoms with Crippen molar-refractivity contribution in [1.82, 2.24) is 15.2 Å². The van der Waals surface area contributed by atoms with Gasteiger partial charge in [-0.2, -0.15) is 0 Å². The Bertz CT molecular complexity index is 962. The summed E-state index contributed by atoms with van der Waals surface area (Å²) in [5, 5.41) is 22.4. The van der Waals surface area contributed by atoms with E-state index in [1.165, 1.54) is 17.3 Å². The van der Waals surface area contributed by atoms with Crippen molar-refractivity contribution in [2.75, 3.05) is 13.1 Å². The van der Waals surface area contributed by atoms with Crippen LogP contribution in [-0.4, -0.2) is 52.0 Å². The van der Waals surface area contributed by atoms with Crippen LogP contribution in [0.4, 0.5) is 0 Å². The number of rotatable bonds is 9. The van der Waals surface area contributed by atoms with Crippen LogP contribution in [0.2, 0.25) is 10.0 Å². The molecule has 7 nitrogen and oxygen atoms in total. The lowest BCUT2D eigenvalue weighted by atomic mass is 9.71. The average molecular weight is 546 g/mol. The van der Waals surface area contributed by atoms with E-state index in [0.717, 1.165) is 31.9 Å². The number of hydrogen-bond donors (Lipinski definition) is 3. The smallest absolute Gasteiger partial charge is 0.258 e. The maximum atomic E-state index is 13.5. The second-order valence-corrected chi connectivity index (χ2v) is 11.9. The molecule has 0 spiro atoms. The number of hydrogen-bond acceptors (Lipinski definition) is 6. The van der Waals surface area contributed by atoms with Crippen molar-refractivity contribution >= 4 is 52.7 Å². The lowest BCUT2D eigenvalue weighted by Gasteiger charge is -2.36. The summed E-state index contributed by atoms with van der Waals surface area (Å²) in [5.41, 5.74) is -0.344. The third-order valence-corrected chi connectivity index (χ3v) is 7.37. The topological polar surface area (TPSA) is 106 Å². The van der Waals surface area contributed by atoms with Crippen molar-refractivity contribution in [3.63, 3.8) is 0 Å². The van der Waals surface area contributed by atoms with Gasteiger partial charge in [0.25, 0.3) is 5.91 Å². The molecule has 0 saturated heterocycles. The molecule has 35 heavy (non-hydrogen) atoms. The molecular formula is C25H35Cl3N4O3. The summed E-state index contributed by atoms with van der Waals surface area (Å²) in [7, 11) is 0. The van der Waals surface area contributed by atoms with E-state index >= 15 is 0 Å². The van der Waals surface area contributed by atoms with Gasteiger partial charge in [0.15, 0.2) is 0 Å². The molecule has 1 aliphatic rings. The van der Waals surface area contributed by atoms with Gasteiger partial charge < -0.3 is 20.7 Å². The van der Waals surface area contributed by atoms with Crippen molar-refractivity contribution in [2.45, 2.75) is 72.4 Å². The number of carbonyl (C=O) groups excluding carboxylic acids is 2. The van der Waals surface area contributed by atoms with Crippen LogP contribution in [0.3, 0.4) is 0 Å². The van der Waals surface area contributed by atoms with Gasteiger partial charge in [0, 0.05) is 42.2 Å². The second kappa shape index (κ2) is 12.0. The summed E-state index contributed by atoms with van der Waals surface area (Å²) in [5.74, 6) is -0.309. The molecule has 10 heteroatoms. The fourth-order valence-electron chi connectivity index (χ4n) is 4.23. The minimum Gasteiger partial charge on any atom is -0.386 e. The molecule has 0 radical (unpaired) electrons. The highest BCUT2D eigenvalue weighted by atomic mass is 35.5. The van der Waals surface area contributed by atoms with Crippen molar-refractivity contribution in [2.24, 2.45) is 10.8 Å². The van der Waals surface area contributed by atoms with Crippen LogP contribution in [0, 0.1) is 16.2 Å². The van der Waals surface area contributed by atoms with E-state index in [4.69, 9.17) is 40.2 Å². The maximum absolute atomic E-state index is 13.5. The number of Topliss-reactive ketones (excluding diaryl/α,β-unsaturated/α-hetero) is 1. The summed E-state index contributed by atoms with van der Waals surface area (Å²) in [6.07, 6.45) is 5.45. The zero-order chi connectivity index (χ0) is 26.6. The highest BCUT2D eigenvalue weighted by Crippen LogP contribution is 2.37. The van der Waals surface area contributed by atoms with Crippen molar-refractivity contribution in [1.29, 1.82) is 5.41 Å². The quantitative estimate of drug-likeness (QED) is 0.215. The van der Waals surface area contributed by atoms with E-state index in [2.05, 4.69) is 10.3 Å². The monoisotopic (exact) mass is 544 g/mol. The Balaban J connectivity index is 2.25. The van der Waals surface area contributed by atoms with Crippen LogP contribution in [0.25, 0.3) is 0 Å². The fourth-order valence-corrected chi connectivity index (χ4v) is 5.14. The van der Waals surface area contributed by atoms with Crippen molar-refractivity contribution < 1.29 is 14.7 Å². The summed E-state index contributed by atoms with van der Waals surface area (Å²) in [6, 6.07) is -0.00577.